The zero-order valence-corrected chi connectivity index (χ0v) is 19.9. The van der Waals surface area contributed by atoms with E-state index in [1.54, 1.807) is 0 Å². The average molecular weight is 412 g/mol. The summed E-state index contributed by atoms with van der Waals surface area (Å²) >= 11 is 0. The normalized spacial score (nSPS) is 11.9. The van der Waals surface area contributed by atoms with Gasteiger partial charge in [0.1, 0.15) is 0 Å². The summed E-state index contributed by atoms with van der Waals surface area (Å²) in [7, 11) is 0. The second-order valence-corrected chi connectivity index (χ2v) is 9.23. The molecule has 1 heterocycles. The summed E-state index contributed by atoms with van der Waals surface area (Å²) in [6.45, 7) is 11.2. The van der Waals surface area contributed by atoms with Crippen molar-refractivity contribution in [2.75, 3.05) is 0 Å². The third-order valence-corrected chi connectivity index (χ3v) is 6.16. The van der Waals surface area contributed by atoms with Gasteiger partial charge in [-0.25, -0.2) is 0 Å². The molecule has 0 atom stereocenters. The Labute approximate surface area is 189 Å². The number of rotatable bonds is 9. The van der Waals surface area contributed by atoms with Crippen LogP contribution in [0.4, 0.5) is 0 Å². The molecule has 1 aromatic heterocycles. The van der Waals surface area contributed by atoms with E-state index in [0.717, 1.165) is 25.0 Å². The smallest absolute Gasteiger partial charge is 0.0707 e. The van der Waals surface area contributed by atoms with Gasteiger partial charge in [-0.2, -0.15) is 0 Å². The van der Waals surface area contributed by atoms with Crippen LogP contribution < -0.4 is 0 Å². The van der Waals surface area contributed by atoms with Crippen molar-refractivity contribution in [3.05, 3.63) is 89.6 Å². The van der Waals surface area contributed by atoms with Gasteiger partial charge in [0, 0.05) is 11.8 Å². The van der Waals surface area contributed by atoms with Crippen LogP contribution in [0.1, 0.15) is 70.1 Å². The van der Waals surface area contributed by atoms with Crippen molar-refractivity contribution in [3.63, 3.8) is 0 Å². The molecule has 1 nitrogen and oxygen atoms in total. The monoisotopic (exact) mass is 411 g/mol. The summed E-state index contributed by atoms with van der Waals surface area (Å²) in [5.41, 5.74) is 8.94. The lowest BCUT2D eigenvalue weighted by Crippen LogP contribution is -2.16. The number of allylic oxidation sites excluding steroid dienone is 2. The third-order valence-electron chi connectivity index (χ3n) is 6.16. The molecule has 0 bridgehead atoms. The standard InChI is InChI=1S/C30H37N/c1-6-8-10-18-30(4,5)27-17-19-31-29(22-27)28-21-26(16-15-23(28)3)25-14-11-13-24(20-25)12-9-7-2/h8,10-11,13-17,19-22H,6-7,9,12,18H2,1-5H3/b10-8-. The number of nitrogens with zero attached hydrogens (tertiary/aromatic N) is 1. The van der Waals surface area contributed by atoms with Crippen LogP contribution in [0.3, 0.4) is 0 Å². The number of hydrogen-bond donors (Lipinski definition) is 0. The molecular formula is C30H37N. The van der Waals surface area contributed by atoms with Crippen LogP contribution in [0.5, 0.6) is 0 Å². The molecule has 0 aliphatic rings. The molecule has 162 valence electrons. The predicted molar refractivity (Wildman–Crippen MR) is 136 cm³/mol. The first-order valence-corrected chi connectivity index (χ1v) is 11.8. The highest BCUT2D eigenvalue weighted by atomic mass is 14.7. The van der Waals surface area contributed by atoms with E-state index in [4.69, 9.17) is 4.98 Å². The molecule has 0 aliphatic heterocycles. The Morgan fingerprint density at radius 1 is 0.903 bits per heavy atom. The number of pyridine rings is 1. The van der Waals surface area contributed by atoms with Crippen LogP contribution in [0, 0.1) is 6.92 Å². The SMILES string of the molecule is CC/C=C\CC(C)(C)c1ccnc(-c2cc(-c3cccc(CCCC)c3)ccc2C)c1. The average Bonchev–Trinajstić information content (AvgIpc) is 2.78. The number of aryl methyl sites for hydroxylation is 2. The van der Waals surface area contributed by atoms with E-state index in [1.165, 1.54) is 46.2 Å². The second-order valence-electron chi connectivity index (χ2n) is 9.23. The molecule has 3 rings (SSSR count). The zero-order valence-electron chi connectivity index (χ0n) is 19.9. The highest BCUT2D eigenvalue weighted by Gasteiger charge is 2.20. The molecule has 0 aliphatic carbocycles. The van der Waals surface area contributed by atoms with E-state index < -0.39 is 0 Å². The number of hydrogen-bond acceptors (Lipinski definition) is 1. The zero-order chi connectivity index (χ0) is 22.3. The van der Waals surface area contributed by atoms with E-state index in [0.29, 0.717) is 0 Å². The molecule has 0 fully saturated rings. The van der Waals surface area contributed by atoms with Gasteiger partial charge in [-0.15, -0.1) is 0 Å². The maximum atomic E-state index is 4.76. The lowest BCUT2D eigenvalue weighted by Gasteiger charge is -2.24. The minimum atomic E-state index is 0.0858. The van der Waals surface area contributed by atoms with E-state index >= 15 is 0 Å². The van der Waals surface area contributed by atoms with E-state index in [2.05, 4.69) is 101 Å². The Morgan fingerprint density at radius 2 is 1.71 bits per heavy atom. The number of aromatic nitrogens is 1. The predicted octanol–water partition coefficient (Wildman–Crippen LogP) is 8.70. The first-order chi connectivity index (χ1) is 14.9. The molecule has 0 radical (unpaired) electrons. The number of benzene rings is 2. The van der Waals surface area contributed by atoms with Gasteiger partial charge < -0.3 is 0 Å². The minimum Gasteiger partial charge on any atom is -0.256 e. The molecule has 0 amide bonds. The first-order valence-electron chi connectivity index (χ1n) is 11.8. The summed E-state index contributed by atoms with van der Waals surface area (Å²) in [6.07, 6.45) is 12.3. The maximum absolute atomic E-state index is 4.76. The molecule has 0 N–H and O–H groups in total. The van der Waals surface area contributed by atoms with Crippen molar-refractivity contribution >= 4 is 0 Å². The van der Waals surface area contributed by atoms with Crippen LogP contribution >= 0.6 is 0 Å². The summed E-state index contributed by atoms with van der Waals surface area (Å²) in [4.78, 5) is 4.76. The van der Waals surface area contributed by atoms with Crippen molar-refractivity contribution in [1.29, 1.82) is 0 Å². The largest absolute Gasteiger partial charge is 0.256 e. The lowest BCUT2D eigenvalue weighted by atomic mass is 9.81. The molecular weight excluding hydrogens is 374 g/mol. The van der Waals surface area contributed by atoms with Gasteiger partial charge in [0.2, 0.25) is 0 Å². The Bertz CT molecular complexity index is 1030. The summed E-state index contributed by atoms with van der Waals surface area (Å²) in [5.74, 6) is 0. The molecule has 0 unspecified atom stereocenters. The Morgan fingerprint density at radius 3 is 2.48 bits per heavy atom. The minimum absolute atomic E-state index is 0.0858. The molecule has 2 aromatic carbocycles. The van der Waals surface area contributed by atoms with Gasteiger partial charge in [0.05, 0.1) is 5.69 Å². The quantitative estimate of drug-likeness (QED) is 0.321. The fourth-order valence-electron chi connectivity index (χ4n) is 4.03. The van der Waals surface area contributed by atoms with E-state index in [-0.39, 0.29) is 5.41 Å². The third kappa shape index (κ3) is 5.94. The van der Waals surface area contributed by atoms with Crippen molar-refractivity contribution < 1.29 is 0 Å². The molecule has 0 saturated carbocycles. The number of unbranched alkanes of at least 4 members (excludes halogenated alkanes) is 1. The van der Waals surface area contributed by atoms with Gasteiger partial charge in [-0.05, 0) is 84.0 Å². The van der Waals surface area contributed by atoms with Crippen molar-refractivity contribution in [2.24, 2.45) is 0 Å². The van der Waals surface area contributed by atoms with Crippen molar-refractivity contribution in [3.8, 4) is 22.4 Å². The molecule has 0 saturated heterocycles. The summed E-state index contributed by atoms with van der Waals surface area (Å²) in [6, 6.07) is 20.2. The van der Waals surface area contributed by atoms with E-state index in [1.807, 2.05) is 6.20 Å². The maximum Gasteiger partial charge on any atom is 0.0707 e. The second kappa shape index (κ2) is 10.6. The lowest BCUT2D eigenvalue weighted by molar-refractivity contribution is 0.533. The molecule has 0 spiro atoms. The molecule has 3 aromatic rings. The van der Waals surface area contributed by atoms with Crippen LogP contribution in [0.15, 0.2) is 72.9 Å². The van der Waals surface area contributed by atoms with Crippen LogP contribution in [0.25, 0.3) is 22.4 Å². The van der Waals surface area contributed by atoms with Crippen LogP contribution in [0.2, 0.25) is 0 Å². The van der Waals surface area contributed by atoms with Gasteiger partial charge in [0.25, 0.3) is 0 Å². The Balaban J connectivity index is 1.95. The summed E-state index contributed by atoms with van der Waals surface area (Å²) < 4.78 is 0. The fraction of sp³-hybridized carbons (Fsp3) is 0.367. The van der Waals surface area contributed by atoms with Gasteiger partial charge >= 0.3 is 0 Å². The van der Waals surface area contributed by atoms with Crippen molar-refractivity contribution in [1.82, 2.24) is 4.98 Å². The van der Waals surface area contributed by atoms with Crippen LogP contribution in [-0.2, 0) is 11.8 Å². The van der Waals surface area contributed by atoms with Crippen LogP contribution in [-0.4, -0.2) is 4.98 Å². The van der Waals surface area contributed by atoms with Gasteiger partial charge in [0.15, 0.2) is 0 Å². The van der Waals surface area contributed by atoms with Gasteiger partial charge in [-0.1, -0.05) is 82.7 Å². The molecule has 31 heavy (non-hydrogen) atoms. The summed E-state index contributed by atoms with van der Waals surface area (Å²) in [5, 5.41) is 0. The van der Waals surface area contributed by atoms with E-state index in [9.17, 15) is 0 Å². The fourth-order valence-corrected chi connectivity index (χ4v) is 4.03. The Hall–Kier alpha value is -2.67. The van der Waals surface area contributed by atoms with Gasteiger partial charge in [-0.3, -0.25) is 4.98 Å². The molecule has 1 heteroatoms. The Kier molecular flexibility index (Phi) is 7.85. The first kappa shape index (κ1) is 23.0. The highest BCUT2D eigenvalue weighted by molar-refractivity contribution is 5.74. The highest BCUT2D eigenvalue weighted by Crippen LogP contribution is 2.33. The topological polar surface area (TPSA) is 12.9 Å². The van der Waals surface area contributed by atoms with Crippen molar-refractivity contribution in [2.45, 2.75) is 72.1 Å².